The molecule has 4 aromatic carbocycles. The Morgan fingerprint density at radius 3 is 1.75 bits per heavy atom. The van der Waals surface area contributed by atoms with Crippen LogP contribution in [0.1, 0.15) is 30.8 Å². The van der Waals surface area contributed by atoms with E-state index in [9.17, 15) is 0 Å². The Hall–Kier alpha value is -5.22. The first-order valence-corrected chi connectivity index (χ1v) is 17.0. The van der Waals surface area contributed by atoms with Gasteiger partial charge in [0, 0.05) is 29.6 Å². The van der Waals surface area contributed by atoms with E-state index in [-0.39, 0.29) is 20.1 Å². The van der Waals surface area contributed by atoms with Gasteiger partial charge >= 0.3 is 20.1 Å². The van der Waals surface area contributed by atoms with Crippen molar-refractivity contribution >= 4 is 21.8 Å². The van der Waals surface area contributed by atoms with Gasteiger partial charge in [0.05, 0.1) is 0 Å². The van der Waals surface area contributed by atoms with Gasteiger partial charge in [0.15, 0.2) is 0 Å². The summed E-state index contributed by atoms with van der Waals surface area (Å²) in [6, 6.07) is 54.5. The smallest absolute Gasteiger partial charge is 0.380 e. The van der Waals surface area contributed by atoms with E-state index < -0.39 is 0 Å². The normalized spacial score (nSPS) is 10.5. The van der Waals surface area contributed by atoms with Crippen LogP contribution in [0.25, 0.3) is 55.6 Å². The SMILES string of the molecule is Cc1cccc(-c2[c-]cccc2)n1.Cc1cccc(-c2[c-]cccc2)n1.Cc1ccnc(-c2[c-]ccc3c4ccccc4n(CC(C)C)c23)c1.[Ir+3]. The fraction of sp³-hybridized carbons (Fsp3) is 0.152. The molecule has 8 aromatic rings. The Labute approximate surface area is 315 Å². The summed E-state index contributed by atoms with van der Waals surface area (Å²) in [5.74, 6) is 0.572. The van der Waals surface area contributed by atoms with Crippen LogP contribution in [0.2, 0.25) is 0 Å². The zero-order valence-corrected chi connectivity index (χ0v) is 32.1. The number of hydrogen-bond donors (Lipinski definition) is 0. The van der Waals surface area contributed by atoms with Gasteiger partial charge in [-0.3, -0.25) is 0 Å². The molecule has 0 aliphatic rings. The fourth-order valence-corrected chi connectivity index (χ4v) is 5.96. The molecule has 8 rings (SSSR count). The van der Waals surface area contributed by atoms with Gasteiger partial charge in [-0.2, -0.15) is 0 Å². The summed E-state index contributed by atoms with van der Waals surface area (Å²) < 4.78 is 2.44. The number of hydrogen-bond acceptors (Lipinski definition) is 3. The second-order valence-corrected chi connectivity index (χ2v) is 12.7. The maximum atomic E-state index is 4.61. The molecule has 0 N–H and O–H groups in total. The molecule has 0 atom stereocenters. The summed E-state index contributed by atoms with van der Waals surface area (Å²) in [5, 5.41) is 2.58. The first-order chi connectivity index (χ1) is 24.4. The Balaban J connectivity index is 0.000000159. The number of rotatable bonds is 5. The molecule has 0 spiro atoms. The van der Waals surface area contributed by atoms with Crippen LogP contribution in [0.4, 0.5) is 0 Å². The van der Waals surface area contributed by atoms with Crippen LogP contribution in [0, 0.1) is 44.9 Å². The summed E-state index contributed by atoms with van der Waals surface area (Å²) >= 11 is 0. The van der Waals surface area contributed by atoms with E-state index in [0.29, 0.717) is 5.92 Å². The van der Waals surface area contributed by atoms with Gasteiger partial charge in [-0.05, 0) is 78.9 Å². The molecule has 0 saturated heterocycles. The average molecular weight is 842 g/mol. The number of aryl methyl sites for hydroxylation is 3. The quantitative estimate of drug-likeness (QED) is 0.162. The summed E-state index contributed by atoms with van der Waals surface area (Å²) in [7, 11) is 0. The Kier molecular flexibility index (Phi) is 12.8. The zero-order chi connectivity index (χ0) is 34.9. The van der Waals surface area contributed by atoms with Gasteiger partial charge in [0.25, 0.3) is 0 Å². The minimum atomic E-state index is 0. The van der Waals surface area contributed by atoms with Gasteiger partial charge in [0.1, 0.15) is 0 Å². The molecule has 0 amide bonds. The van der Waals surface area contributed by atoms with Crippen LogP contribution in [0.5, 0.6) is 0 Å². The monoisotopic (exact) mass is 842 g/mol. The molecule has 254 valence electrons. The van der Waals surface area contributed by atoms with E-state index in [1.165, 1.54) is 27.4 Å². The predicted molar refractivity (Wildman–Crippen MR) is 208 cm³/mol. The van der Waals surface area contributed by atoms with Crippen LogP contribution in [-0.4, -0.2) is 19.5 Å². The first kappa shape index (κ1) is 37.0. The van der Waals surface area contributed by atoms with Crippen molar-refractivity contribution in [1.29, 1.82) is 0 Å². The van der Waals surface area contributed by atoms with E-state index in [2.05, 4.69) is 94.9 Å². The molecule has 0 bridgehead atoms. The summed E-state index contributed by atoms with van der Waals surface area (Å²) in [5.41, 5.74) is 12.0. The maximum Gasteiger partial charge on any atom is 3.00 e. The van der Waals surface area contributed by atoms with Crippen molar-refractivity contribution in [3.05, 3.63) is 175 Å². The van der Waals surface area contributed by atoms with Gasteiger partial charge in [-0.15, -0.1) is 95.6 Å². The molecule has 4 nitrogen and oxygen atoms in total. The second kappa shape index (κ2) is 17.6. The maximum absolute atomic E-state index is 4.61. The molecular weight excluding hydrogens is 801 g/mol. The van der Waals surface area contributed by atoms with Gasteiger partial charge in [-0.25, -0.2) is 0 Å². The number of benzene rings is 4. The van der Waals surface area contributed by atoms with Crippen LogP contribution in [-0.2, 0) is 26.7 Å². The van der Waals surface area contributed by atoms with Crippen LogP contribution in [0.15, 0.2) is 140 Å². The third-order valence-corrected chi connectivity index (χ3v) is 8.19. The fourth-order valence-electron chi connectivity index (χ4n) is 5.96. The Bertz CT molecular complexity index is 2230. The van der Waals surface area contributed by atoms with Crippen LogP contribution >= 0.6 is 0 Å². The molecule has 4 heterocycles. The van der Waals surface area contributed by atoms with E-state index in [1.807, 2.05) is 117 Å². The molecule has 5 heteroatoms. The van der Waals surface area contributed by atoms with E-state index in [1.54, 1.807) is 0 Å². The molecular formula is C46H41IrN4. The van der Waals surface area contributed by atoms with Crippen molar-refractivity contribution < 1.29 is 20.1 Å². The topological polar surface area (TPSA) is 43.6 Å². The van der Waals surface area contributed by atoms with Crippen molar-refractivity contribution in [1.82, 2.24) is 19.5 Å². The second-order valence-electron chi connectivity index (χ2n) is 12.7. The number of fused-ring (bicyclic) bond motifs is 3. The third-order valence-electron chi connectivity index (χ3n) is 8.19. The molecule has 0 aliphatic carbocycles. The minimum Gasteiger partial charge on any atom is -0.380 e. The molecule has 0 radical (unpaired) electrons. The standard InChI is InChI=1S/C22H21N2.2C12H10N.Ir/c1-15(2)14-24-21-10-5-4-7-17(21)18-8-6-9-19(22(18)24)20-13-16(3)11-12-23-20;2*1-10-6-5-9-12(13-10)11-7-3-2-4-8-11;/h4-8,10-13,15H,14H2,1-3H3;2*2-7,9H,1H3;/q3*-1;+3. The Morgan fingerprint density at radius 1 is 0.588 bits per heavy atom. The third kappa shape index (κ3) is 9.32. The summed E-state index contributed by atoms with van der Waals surface area (Å²) in [4.78, 5) is 13.4. The summed E-state index contributed by atoms with van der Waals surface area (Å²) in [6.45, 7) is 11.6. The predicted octanol–water partition coefficient (Wildman–Crippen LogP) is 11.3. The van der Waals surface area contributed by atoms with Crippen molar-refractivity contribution in [2.45, 2.75) is 41.2 Å². The Morgan fingerprint density at radius 2 is 1.20 bits per heavy atom. The van der Waals surface area contributed by atoms with Crippen molar-refractivity contribution in [3.8, 4) is 33.8 Å². The van der Waals surface area contributed by atoms with Gasteiger partial charge in [-0.1, -0.05) is 73.3 Å². The van der Waals surface area contributed by atoms with E-state index in [0.717, 1.165) is 51.7 Å². The molecule has 0 saturated carbocycles. The average Bonchev–Trinajstić information content (AvgIpc) is 3.46. The first-order valence-electron chi connectivity index (χ1n) is 17.0. The molecule has 0 aliphatic heterocycles. The minimum absolute atomic E-state index is 0. The van der Waals surface area contributed by atoms with Gasteiger partial charge in [0.2, 0.25) is 0 Å². The zero-order valence-electron chi connectivity index (χ0n) is 29.7. The molecule has 4 aromatic heterocycles. The number of para-hydroxylation sites is 1. The molecule has 51 heavy (non-hydrogen) atoms. The van der Waals surface area contributed by atoms with Crippen LogP contribution < -0.4 is 0 Å². The van der Waals surface area contributed by atoms with Crippen molar-refractivity contribution in [2.24, 2.45) is 5.92 Å². The number of nitrogens with zero attached hydrogens (tertiary/aromatic N) is 4. The molecule has 0 fully saturated rings. The van der Waals surface area contributed by atoms with Gasteiger partial charge < -0.3 is 19.5 Å². The van der Waals surface area contributed by atoms with Crippen LogP contribution in [0.3, 0.4) is 0 Å². The van der Waals surface area contributed by atoms with E-state index >= 15 is 0 Å². The number of pyridine rings is 3. The summed E-state index contributed by atoms with van der Waals surface area (Å²) in [6.07, 6.45) is 1.88. The molecule has 0 unspecified atom stereocenters. The largest absolute Gasteiger partial charge is 3.00 e. The van der Waals surface area contributed by atoms with E-state index in [4.69, 9.17) is 0 Å². The number of aromatic nitrogens is 4. The van der Waals surface area contributed by atoms with Crippen molar-refractivity contribution in [3.63, 3.8) is 0 Å². The van der Waals surface area contributed by atoms with Crippen molar-refractivity contribution in [2.75, 3.05) is 0 Å².